The summed E-state index contributed by atoms with van der Waals surface area (Å²) in [6.45, 7) is 0.258. The smallest absolute Gasteiger partial charge is 0.433 e. The van der Waals surface area contributed by atoms with Gasteiger partial charge in [-0.1, -0.05) is 12.1 Å². The Morgan fingerprint density at radius 3 is 2.51 bits per heavy atom. The molecule has 0 saturated heterocycles. The molecular weight excluding hydrogens is 463 g/mol. The van der Waals surface area contributed by atoms with Crippen molar-refractivity contribution in [1.82, 2.24) is 24.9 Å². The predicted octanol–water partition coefficient (Wildman–Crippen LogP) is 3.72. The second-order valence-electron chi connectivity index (χ2n) is 7.62. The molecule has 0 atom stereocenters. The molecular formula is C24H22F3N5O3. The van der Waals surface area contributed by atoms with Gasteiger partial charge >= 0.3 is 6.18 Å². The highest BCUT2D eigenvalue weighted by Crippen LogP contribution is 2.32. The molecule has 0 radical (unpaired) electrons. The maximum Gasteiger partial charge on any atom is 0.433 e. The van der Waals surface area contributed by atoms with Crippen LogP contribution in [0.15, 0.2) is 54.7 Å². The van der Waals surface area contributed by atoms with Gasteiger partial charge in [0, 0.05) is 43.0 Å². The lowest BCUT2D eigenvalue weighted by molar-refractivity contribution is -0.142. The van der Waals surface area contributed by atoms with Gasteiger partial charge in [-0.3, -0.25) is 9.78 Å². The normalized spacial score (nSPS) is 11.5. The highest BCUT2D eigenvalue weighted by molar-refractivity contribution is 5.93. The highest BCUT2D eigenvalue weighted by Gasteiger charge is 2.35. The van der Waals surface area contributed by atoms with Gasteiger partial charge in [-0.15, -0.1) is 0 Å². The van der Waals surface area contributed by atoms with Crippen molar-refractivity contribution in [3.63, 3.8) is 0 Å². The molecule has 0 aliphatic rings. The minimum atomic E-state index is -4.70. The van der Waals surface area contributed by atoms with Crippen molar-refractivity contribution in [2.45, 2.75) is 19.0 Å². The second-order valence-corrected chi connectivity index (χ2v) is 7.62. The van der Waals surface area contributed by atoms with E-state index in [2.05, 4.69) is 20.4 Å². The molecule has 4 rings (SSSR count). The van der Waals surface area contributed by atoms with Crippen molar-refractivity contribution >= 4 is 11.6 Å². The van der Waals surface area contributed by atoms with E-state index in [9.17, 15) is 18.0 Å². The van der Waals surface area contributed by atoms with Gasteiger partial charge in [0.05, 0.1) is 14.2 Å². The maximum absolute atomic E-state index is 13.8. The Bertz CT molecular complexity index is 1340. The van der Waals surface area contributed by atoms with Crippen molar-refractivity contribution < 1.29 is 27.4 Å². The van der Waals surface area contributed by atoms with Crippen molar-refractivity contribution in [2.75, 3.05) is 20.8 Å². The minimum absolute atomic E-state index is 0.0785. The molecule has 0 spiro atoms. The zero-order valence-electron chi connectivity index (χ0n) is 19.0. The first kappa shape index (κ1) is 24.0. The van der Waals surface area contributed by atoms with Crippen LogP contribution in [0.3, 0.4) is 0 Å². The number of benzene rings is 1. The molecule has 0 aliphatic heterocycles. The molecule has 8 nitrogen and oxygen atoms in total. The standard InChI is InChI=1S/C24H22F3N5O3/c1-34-19-7-6-15(12-20(19)35-2)11-17-13-21(24(25,26)27)32-22(30-17)14-18(31-32)23(33)29-10-8-16-5-3-4-9-28-16/h3-7,9,12-14H,8,10-11H2,1-2H3,(H,29,33). The van der Waals surface area contributed by atoms with E-state index in [1.54, 1.807) is 30.5 Å². The fraction of sp³-hybridized carbons (Fsp3) is 0.250. The number of alkyl halides is 3. The number of nitrogens with zero attached hydrogens (tertiary/aromatic N) is 4. The zero-order chi connectivity index (χ0) is 25.0. The van der Waals surface area contributed by atoms with Crippen molar-refractivity contribution in [1.29, 1.82) is 0 Å². The molecule has 1 amide bonds. The number of aromatic nitrogens is 4. The first-order chi connectivity index (χ1) is 16.8. The zero-order valence-corrected chi connectivity index (χ0v) is 19.0. The first-order valence-electron chi connectivity index (χ1n) is 10.6. The predicted molar refractivity (Wildman–Crippen MR) is 121 cm³/mol. The molecule has 0 saturated carbocycles. The summed E-state index contributed by atoms with van der Waals surface area (Å²) in [6.07, 6.45) is -2.48. The second kappa shape index (κ2) is 10.00. The Labute approximate surface area is 198 Å². The van der Waals surface area contributed by atoms with Gasteiger partial charge in [-0.25, -0.2) is 9.50 Å². The van der Waals surface area contributed by atoms with Crippen LogP contribution in [0.25, 0.3) is 5.65 Å². The van der Waals surface area contributed by atoms with Gasteiger partial charge in [-0.2, -0.15) is 18.3 Å². The number of halogens is 3. The van der Waals surface area contributed by atoms with Crippen molar-refractivity contribution in [3.8, 4) is 11.5 Å². The van der Waals surface area contributed by atoms with Crippen LogP contribution >= 0.6 is 0 Å². The Hall–Kier alpha value is -4.15. The Balaban J connectivity index is 1.59. The lowest BCUT2D eigenvalue weighted by atomic mass is 10.1. The number of rotatable bonds is 8. The highest BCUT2D eigenvalue weighted by atomic mass is 19.4. The summed E-state index contributed by atoms with van der Waals surface area (Å²) in [5.41, 5.74) is 0.366. The van der Waals surface area contributed by atoms with Gasteiger partial charge in [0.15, 0.2) is 22.8 Å². The van der Waals surface area contributed by atoms with E-state index in [-0.39, 0.29) is 30.0 Å². The minimum Gasteiger partial charge on any atom is -0.493 e. The number of nitrogens with one attached hydrogen (secondary N) is 1. The van der Waals surface area contributed by atoms with E-state index < -0.39 is 17.8 Å². The van der Waals surface area contributed by atoms with Gasteiger partial charge in [0.25, 0.3) is 5.91 Å². The fourth-order valence-corrected chi connectivity index (χ4v) is 3.57. The van der Waals surface area contributed by atoms with Gasteiger partial charge in [0.2, 0.25) is 0 Å². The third-order valence-electron chi connectivity index (χ3n) is 5.23. The summed E-state index contributed by atoms with van der Waals surface area (Å²) >= 11 is 0. The molecule has 11 heteroatoms. The third kappa shape index (κ3) is 5.51. The van der Waals surface area contributed by atoms with E-state index in [0.717, 1.165) is 11.8 Å². The fourth-order valence-electron chi connectivity index (χ4n) is 3.57. The Morgan fingerprint density at radius 2 is 1.83 bits per heavy atom. The summed E-state index contributed by atoms with van der Waals surface area (Å²) < 4.78 is 52.6. The lowest BCUT2D eigenvalue weighted by Gasteiger charge is -2.12. The van der Waals surface area contributed by atoms with Crippen LogP contribution in [-0.2, 0) is 19.0 Å². The SMILES string of the molecule is COc1ccc(Cc2cc(C(F)(F)F)n3nc(C(=O)NCCc4ccccn4)cc3n2)cc1OC. The number of fused-ring (bicyclic) bond motifs is 1. The third-order valence-corrected chi connectivity index (χ3v) is 5.23. The number of carbonyl (C=O) groups excluding carboxylic acids is 1. The van der Waals surface area contributed by atoms with E-state index in [0.29, 0.717) is 28.0 Å². The van der Waals surface area contributed by atoms with Crippen LogP contribution < -0.4 is 14.8 Å². The largest absolute Gasteiger partial charge is 0.493 e. The number of methoxy groups -OCH3 is 2. The average molecular weight is 485 g/mol. The number of amides is 1. The molecule has 0 aliphatic carbocycles. The number of ether oxygens (including phenoxy) is 2. The molecule has 0 bridgehead atoms. The summed E-state index contributed by atoms with van der Waals surface area (Å²) in [4.78, 5) is 21.0. The number of hydrogen-bond acceptors (Lipinski definition) is 6. The van der Waals surface area contributed by atoms with Crippen LogP contribution in [0, 0.1) is 0 Å². The lowest BCUT2D eigenvalue weighted by Crippen LogP contribution is -2.26. The molecule has 3 heterocycles. The quantitative estimate of drug-likeness (QED) is 0.409. The van der Waals surface area contributed by atoms with Crippen LogP contribution in [0.4, 0.5) is 13.2 Å². The Kier molecular flexibility index (Phi) is 6.85. The van der Waals surface area contributed by atoms with E-state index in [1.165, 1.54) is 20.3 Å². The molecule has 35 heavy (non-hydrogen) atoms. The summed E-state index contributed by atoms with van der Waals surface area (Å²) in [7, 11) is 2.97. The monoisotopic (exact) mass is 485 g/mol. The van der Waals surface area contributed by atoms with E-state index in [1.807, 2.05) is 12.1 Å². The molecule has 0 unspecified atom stereocenters. The molecule has 182 valence electrons. The van der Waals surface area contributed by atoms with Crippen LogP contribution in [-0.4, -0.2) is 46.3 Å². The van der Waals surface area contributed by atoms with E-state index in [4.69, 9.17) is 9.47 Å². The first-order valence-corrected chi connectivity index (χ1v) is 10.6. The molecule has 4 aromatic rings. The van der Waals surface area contributed by atoms with Crippen molar-refractivity contribution in [3.05, 3.63) is 83.1 Å². The van der Waals surface area contributed by atoms with Gasteiger partial charge in [-0.05, 0) is 35.9 Å². The summed E-state index contributed by atoms with van der Waals surface area (Å²) in [5, 5.41) is 6.53. The molecule has 3 aromatic heterocycles. The summed E-state index contributed by atoms with van der Waals surface area (Å²) in [5.74, 6) is 0.363. The molecule has 0 fully saturated rings. The van der Waals surface area contributed by atoms with Crippen LogP contribution in [0.1, 0.15) is 33.1 Å². The van der Waals surface area contributed by atoms with Gasteiger partial charge in [0.1, 0.15) is 5.69 Å². The average Bonchev–Trinajstić information content (AvgIpc) is 3.27. The topological polar surface area (TPSA) is 90.6 Å². The number of pyridine rings is 1. The van der Waals surface area contributed by atoms with Crippen LogP contribution in [0.2, 0.25) is 0 Å². The number of carbonyl (C=O) groups is 1. The summed E-state index contributed by atoms with van der Waals surface area (Å²) in [6, 6.07) is 12.7. The van der Waals surface area contributed by atoms with E-state index >= 15 is 0 Å². The van der Waals surface area contributed by atoms with Crippen molar-refractivity contribution in [2.24, 2.45) is 0 Å². The van der Waals surface area contributed by atoms with Gasteiger partial charge < -0.3 is 14.8 Å². The Morgan fingerprint density at radius 1 is 1.03 bits per heavy atom. The molecule has 1 aromatic carbocycles. The molecule has 1 N–H and O–H groups in total. The number of hydrogen-bond donors (Lipinski definition) is 1. The maximum atomic E-state index is 13.8. The van der Waals surface area contributed by atoms with Crippen LogP contribution in [0.5, 0.6) is 11.5 Å².